The number of fused-ring (bicyclic) bond motifs is 1. The predicted molar refractivity (Wildman–Crippen MR) is 97.4 cm³/mol. The number of rotatable bonds is 3. The Morgan fingerprint density at radius 1 is 1.33 bits per heavy atom. The summed E-state index contributed by atoms with van der Waals surface area (Å²) < 4.78 is 0. The SMILES string of the molecule is CN1C(=O)C(C)(C)c2ccc(C(C=Nc3cccnc3)=CN)cc21. The molecule has 5 heteroatoms. The van der Waals surface area contributed by atoms with Crippen LogP contribution < -0.4 is 10.6 Å². The van der Waals surface area contributed by atoms with Crippen molar-refractivity contribution in [1.82, 2.24) is 4.98 Å². The number of hydrogen-bond acceptors (Lipinski definition) is 4. The van der Waals surface area contributed by atoms with E-state index in [9.17, 15) is 4.79 Å². The van der Waals surface area contributed by atoms with Gasteiger partial charge in [-0.05, 0) is 43.2 Å². The van der Waals surface area contributed by atoms with E-state index in [1.807, 2.05) is 44.2 Å². The number of likely N-dealkylation sites (N-methyl/N-ethyl adjacent to an activating group) is 1. The smallest absolute Gasteiger partial charge is 0.236 e. The fourth-order valence-corrected chi connectivity index (χ4v) is 2.95. The molecule has 1 aromatic carbocycles. The Kier molecular flexibility index (Phi) is 3.93. The average molecular weight is 320 g/mol. The average Bonchev–Trinajstić information content (AvgIpc) is 2.77. The number of anilines is 1. The number of pyridine rings is 1. The number of hydrogen-bond donors (Lipinski definition) is 1. The molecular formula is C19H20N4O. The molecule has 3 rings (SSSR count). The zero-order valence-corrected chi connectivity index (χ0v) is 14.0. The van der Waals surface area contributed by atoms with E-state index >= 15 is 0 Å². The first-order valence-electron chi connectivity index (χ1n) is 7.74. The number of benzene rings is 1. The van der Waals surface area contributed by atoms with Crippen molar-refractivity contribution in [2.24, 2.45) is 10.7 Å². The van der Waals surface area contributed by atoms with Crippen molar-refractivity contribution in [2.75, 3.05) is 11.9 Å². The van der Waals surface area contributed by atoms with Crippen molar-refractivity contribution >= 4 is 29.1 Å². The highest BCUT2D eigenvalue weighted by atomic mass is 16.2. The molecule has 5 nitrogen and oxygen atoms in total. The normalized spacial score (nSPS) is 16.7. The van der Waals surface area contributed by atoms with Crippen molar-refractivity contribution in [1.29, 1.82) is 0 Å². The molecule has 0 atom stereocenters. The lowest BCUT2D eigenvalue weighted by atomic mass is 9.85. The highest BCUT2D eigenvalue weighted by Gasteiger charge is 2.42. The molecule has 122 valence electrons. The van der Waals surface area contributed by atoms with Gasteiger partial charge < -0.3 is 10.6 Å². The van der Waals surface area contributed by atoms with Gasteiger partial charge in [-0.2, -0.15) is 0 Å². The van der Waals surface area contributed by atoms with Crippen molar-refractivity contribution in [2.45, 2.75) is 19.3 Å². The molecule has 1 aliphatic rings. The van der Waals surface area contributed by atoms with Crippen LogP contribution in [0.2, 0.25) is 0 Å². The quantitative estimate of drug-likeness (QED) is 0.884. The monoisotopic (exact) mass is 320 g/mol. The zero-order chi connectivity index (χ0) is 17.3. The van der Waals surface area contributed by atoms with Gasteiger partial charge in [0, 0.05) is 36.9 Å². The fourth-order valence-electron chi connectivity index (χ4n) is 2.95. The molecule has 1 aliphatic heterocycles. The molecule has 0 aliphatic carbocycles. The summed E-state index contributed by atoms with van der Waals surface area (Å²) in [5.41, 5.74) is 9.68. The van der Waals surface area contributed by atoms with Crippen LogP contribution in [0.25, 0.3) is 5.57 Å². The highest BCUT2D eigenvalue weighted by Crippen LogP contribution is 2.41. The van der Waals surface area contributed by atoms with Crippen LogP contribution in [0.5, 0.6) is 0 Å². The third-order valence-electron chi connectivity index (χ3n) is 4.38. The van der Waals surface area contributed by atoms with Crippen molar-refractivity contribution < 1.29 is 4.79 Å². The Balaban J connectivity index is 1.96. The molecule has 2 aromatic rings. The first-order valence-corrected chi connectivity index (χ1v) is 7.74. The summed E-state index contributed by atoms with van der Waals surface area (Å²) in [7, 11) is 1.80. The molecule has 0 fully saturated rings. The van der Waals surface area contributed by atoms with Gasteiger partial charge in [-0.15, -0.1) is 0 Å². The van der Waals surface area contributed by atoms with E-state index in [-0.39, 0.29) is 5.91 Å². The maximum absolute atomic E-state index is 12.4. The minimum absolute atomic E-state index is 0.0944. The fraction of sp³-hybridized carbons (Fsp3) is 0.211. The maximum atomic E-state index is 12.4. The van der Waals surface area contributed by atoms with Gasteiger partial charge in [-0.1, -0.05) is 12.1 Å². The van der Waals surface area contributed by atoms with Gasteiger partial charge >= 0.3 is 0 Å². The second kappa shape index (κ2) is 5.92. The first-order chi connectivity index (χ1) is 11.4. The van der Waals surface area contributed by atoms with Gasteiger partial charge in [0.2, 0.25) is 5.91 Å². The summed E-state index contributed by atoms with van der Waals surface area (Å²) in [6, 6.07) is 9.65. The number of aliphatic imine (C=N–C) groups is 1. The van der Waals surface area contributed by atoms with Crippen LogP contribution in [0, 0.1) is 0 Å². The second-order valence-corrected chi connectivity index (χ2v) is 6.31. The largest absolute Gasteiger partial charge is 0.404 e. The number of allylic oxidation sites excluding steroid dienone is 1. The Labute approximate surface area is 141 Å². The number of amides is 1. The molecule has 2 heterocycles. The van der Waals surface area contributed by atoms with E-state index in [1.165, 1.54) is 6.20 Å². The summed E-state index contributed by atoms with van der Waals surface area (Å²) in [6.07, 6.45) is 6.61. The Morgan fingerprint density at radius 2 is 2.12 bits per heavy atom. The van der Waals surface area contributed by atoms with E-state index in [0.717, 1.165) is 28.1 Å². The Bertz CT molecular complexity index is 838. The van der Waals surface area contributed by atoms with Gasteiger partial charge in [0.1, 0.15) is 0 Å². The Hall–Kier alpha value is -2.95. The van der Waals surface area contributed by atoms with Crippen LogP contribution in [0.1, 0.15) is 25.0 Å². The molecule has 0 saturated heterocycles. The molecular weight excluding hydrogens is 300 g/mol. The second-order valence-electron chi connectivity index (χ2n) is 6.31. The first kappa shape index (κ1) is 15.9. The predicted octanol–water partition coefficient (Wildman–Crippen LogP) is 3.04. The zero-order valence-electron chi connectivity index (χ0n) is 14.0. The number of carbonyl (C=O) groups excluding carboxylic acids is 1. The Morgan fingerprint density at radius 3 is 2.79 bits per heavy atom. The third-order valence-corrected chi connectivity index (χ3v) is 4.38. The molecule has 0 saturated carbocycles. The molecule has 1 aromatic heterocycles. The number of nitrogens with zero attached hydrogens (tertiary/aromatic N) is 3. The molecule has 0 radical (unpaired) electrons. The lowest BCUT2D eigenvalue weighted by molar-refractivity contribution is -0.121. The van der Waals surface area contributed by atoms with E-state index < -0.39 is 5.41 Å². The number of carbonyl (C=O) groups is 1. The maximum Gasteiger partial charge on any atom is 0.236 e. The van der Waals surface area contributed by atoms with E-state index in [4.69, 9.17) is 5.73 Å². The minimum Gasteiger partial charge on any atom is -0.404 e. The number of aromatic nitrogens is 1. The molecule has 1 amide bonds. The molecule has 2 N–H and O–H groups in total. The highest BCUT2D eigenvalue weighted by molar-refractivity contribution is 6.12. The molecule has 24 heavy (non-hydrogen) atoms. The van der Waals surface area contributed by atoms with Crippen LogP contribution in [0.15, 0.2) is 53.9 Å². The van der Waals surface area contributed by atoms with Gasteiger partial charge in [0.25, 0.3) is 0 Å². The molecule has 0 unspecified atom stereocenters. The van der Waals surface area contributed by atoms with Crippen molar-refractivity contribution in [3.8, 4) is 0 Å². The van der Waals surface area contributed by atoms with Crippen molar-refractivity contribution in [3.05, 3.63) is 60.1 Å². The molecule has 0 bridgehead atoms. The summed E-state index contributed by atoms with van der Waals surface area (Å²) in [5, 5.41) is 0. The standard InChI is InChI=1S/C19H20N4O/c1-19(2)16-7-6-13(9-17(16)23(3)18(19)24)14(10-20)11-22-15-5-4-8-21-12-15/h4-12H,20H2,1-3H3. The molecule has 0 spiro atoms. The third kappa shape index (κ3) is 2.58. The van der Waals surface area contributed by atoms with E-state index in [1.54, 1.807) is 30.6 Å². The lowest BCUT2D eigenvalue weighted by Crippen LogP contribution is -2.33. The van der Waals surface area contributed by atoms with Crippen LogP contribution >= 0.6 is 0 Å². The topological polar surface area (TPSA) is 71.6 Å². The van der Waals surface area contributed by atoms with E-state index in [0.29, 0.717) is 0 Å². The van der Waals surface area contributed by atoms with Crippen LogP contribution in [0.4, 0.5) is 11.4 Å². The van der Waals surface area contributed by atoms with Crippen LogP contribution in [-0.2, 0) is 10.2 Å². The van der Waals surface area contributed by atoms with Crippen LogP contribution in [0.3, 0.4) is 0 Å². The lowest BCUT2D eigenvalue weighted by Gasteiger charge is -2.16. The minimum atomic E-state index is -0.501. The van der Waals surface area contributed by atoms with Crippen molar-refractivity contribution in [3.63, 3.8) is 0 Å². The van der Waals surface area contributed by atoms with E-state index in [2.05, 4.69) is 9.98 Å². The van der Waals surface area contributed by atoms with Gasteiger partial charge in [-0.3, -0.25) is 14.8 Å². The summed E-state index contributed by atoms with van der Waals surface area (Å²) in [4.78, 5) is 22.5. The van der Waals surface area contributed by atoms with Gasteiger partial charge in [-0.25, -0.2) is 0 Å². The van der Waals surface area contributed by atoms with Crippen LogP contribution in [-0.4, -0.2) is 24.2 Å². The van der Waals surface area contributed by atoms with Gasteiger partial charge in [0.05, 0.1) is 17.3 Å². The van der Waals surface area contributed by atoms with Gasteiger partial charge in [0.15, 0.2) is 0 Å². The number of nitrogens with two attached hydrogens (primary N) is 1. The summed E-state index contributed by atoms with van der Waals surface area (Å²) in [5.74, 6) is 0.0944. The summed E-state index contributed by atoms with van der Waals surface area (Å²) >= 11 is 0. The summed E-state index contributed by atoms with van der Waals surface area (Å²) in [6.45, 7) is 3.89.